The highest BCUT2D eigenvalue weighted by atomic mass is 16.4. The van der Waals surface area contributed by atoms with Crippen LogP contribution in [0, 0.1) is 11.3 Å². The first-order chi connectivity index (χ1) is 10.4. The molecule has 1 fully saturated rings. The van der Waals surface area contributed by atoms with Crippen molar-refractivity contribution in [2.75, 3.05) is 13.1 Å². The second kappa shape index (κ2) is 6.51. The van der Waals surface area contributed by atoms with Gasteiger partial charge in [-0.05, 0) is 23.8 Å². The van der Waals surface area contributed by atoms with Crippen LogP contribution in [0.25, 0.3) is 0 Å². The zero-order valence-electron chi connectivity index (χ0n) is 13.6. The van der Waals surface area contributed by atoms with Crippen LogP contribution in [-0.2, 0) is 9.59 Å². The van der Waals surface area contributed by atoms with Gasteiger partial charge >= 0.3 is 5.97 Å². The third kappa shape index (κ3) is 3.16. The van der Waals surface area contributed by atoms with Crippen molar-refractivity contribution in [1.82, 2.24) is 4.90 Å². The van der Waals surface area contributed by atoms with Crippen LogP contribution in [0.1, 0.15) is 45.1 Å². The number of amides is 1. The van der Waals surface area contributed by atoms with Crippen molar-refractivity contribution in [1.29, 1.82) is 0 Å². The van der Waals surface area contributed by atoms with E-state index in [0.29, 0.717) is 25.9 Å². The highest BCUT2D eigenvalue weighted by Gasteiger charge is 2.48. The molecule has 0 aromatic heterocycles. The number of hydrogen-bond acceptors (Lipinski definition) is 2. The lowest BCUT2D eigenvalue weighted by atomic mass is 9.76. The van der Waals surface area contributed by atoms with E-state index in [9.17, 15) is 14.7 Å². The quantitative estimate of drug-likeness (QED) is 0.909. The molecule has 0 saturated carbocycles. The number of carbonyl (C=O) groups excluding carboxylic acids is 1. The molecular formula is C18H25NO3. The fourth-order valence-electron chi connectivity index (χ4n) is 3.23. The van der Waals surface area contributed by atoms with Crippen molar-refractivity contribution >= 4 is 11.9 Å². The molecule has 0 radical (unpaired) electrons. The summed E-state index contributed by atoms with van der Waals surface area (Å²) in [6.07, 6.45) is 0.975. The van der Waals surface area contributed by atoms with Gasteiger partial charge in [0, 0.05) is 19.5 Å². The smallest absolute Gasteiger partial charge is 0.311 e. The molecule has 0 aliphatic carbocycles. The molecule has 1 aromatic rings. The van der Waals surface area contributed by atoms with Gasteiger partial charge in [-0.1, -0.05) is 51.1 Å². The minimum atomic E-state index is -0.786. The lowest BCUT2D eigenvalue weighted by Crippen LogP contribution is -2.40. The number of carboxylic acids is 1. The second-order valence-electron chi connectivity index (χ2n) is 6.70. The summed E-state index contributed by atoms with van der Waals surface area (Å²) in [6, 6.07) is 9.96. The van der Waals surface area contributed by atoms with Crippen LogP contribution < -0.4 is 0 Å². The maximum absolute atomic E-state index is 12.5. The molecule has 1 aromatic carbocycles. The monoisotopic (exact) mass is 303 g/mol. The number of hydrogen-bond donors (Lipinski definition) is 1. The summed E-state index contributed by atoms with van der Waals surface area (Å²) >= 11 is 0. The van der Waals surface area contributed by atoms with Gasteiger partial charge < -0.3 is 10.0 Å². The first kappa shape index (κ1) is 16.5. The second-order valence-corrected chi connectivity index (χ2v) is 6.70. The van der Waals surface area contributed by atoms with Crippen molar-refractivity contribution in [2.45, 2.75) is 39.5 Å². The topological polar surface area (TPSA) is 57.6 Å². The molecule has 2 unspecified atom stereocenters. The summed E-state index contributed by atoms with van der Waals surface area (Å²) in [5.41, 5.74) is 0.356. The number of carbonyl (C=O) groups is 2. The summed E-state index contributed by atoms with van der Waals surface area (Å²) in [5.74, 6) is -0.559. The van der Waals surface area contributed by atoms with Crippen molar-refractivity contribution in [3.8, 4) is 0 Å². The van der Waals surface area contributed by atoms with E-state index in [0.717, 1.165) is 5.56 Å². The zero-order chi connectivity index (χ0) is 16.3. The third-order valence-corrected chi connectivity index (χ3v) is 5.03. The Hall–Kier alpha value is -1.84. The van der Waals surface area contributed by atoms with Gasteiger partial charge in [0.05, 0.1) is 5.41 Å². The van der Waals surface area contributed by atoms with Crippen LogP contribution in [0.15, 0.2) is 30.3 Å². The van der Waals surface area contributed by atoms with Crippen molar-refractivity contribution < 1.29 is 14.7 Å². The van der Waals surface area contributed by atoms with Gasteiger partial charge in [-0.3, -0.25) is 9.59 Å². The summed E-state index contributed by atoms with van der Waals surface area (Å²) < 4.78 is 0. The van der Waals surface area contributed by atoms with Crippen molar-refractivity contribution in [2.24, 2.45) is 11.3 Å². The number of nitrogens with zero attached hydrogens (tertiary/aromatic N) is 1. The number of carboxylic acid groups (broad SMARTS) is 1. The van der Waals surface area contributed by atoms with E-state index in [4.69, 9.17) is 0 Å². The SMILES string of the molecule is CC(CC(=O)N1CCC(C(=O)O)(C(C)C)C1)c1ccccc1. The molecule has 1 N–H and O–H groups in total. The van der Waals surface area contributed by atoms with Crippen LogP contribution in [0.4, 0.5) is 0 Å². The molecule has 1 aliphatic heterocycles. The Labute approximate surface area is 132 Å². The van der Waals surface area contributed by atoms with Gasteiger partial charge in [0.15, 0.2) is 0 Å². The minimum Gasteiger partial charge on any atom is -0.481 e. The lowest BCUT2D eigenvalue weighted by Gasteiger charge is -2.29. The molecule has 4 heteroatoms. The van der Waals surface area contributed by atoms with Gasteiger partial charge in [0.2, 0.25) is 5.91 Å². The summed E-state index contributed by atoms with van der Waals surface area (Å²) in [4.78, 5) is 25.9. The molecule has 4 nitrogen and oxygen atoms in total. The van der Waals surface area contributed by atoms with Gasteiger partial charge in [-0.25, -0.2) is 0 Å². The highest BCUT2D eigenvalue weighted by molar-refractivity contribution is 5.81. The Kier molecular flexibility index (Phi) is 4.89. The average molecular weight is 303 g/mol. The summed E-state index contributed by atoms with van der Waals surface area (Å²) in [7, 11) is 0. The molecular weight excluding hydrogens is 278 g/mol. The van der Waals surface area contributed by atoms with E-state index in [-0.39, 0.29) is 17.7 Å². The van der Waals surface area contributed by atoms with Crippen LogP contribution in [0.3, 0.4) is 0 Å². The Morgan fingerprint density at radius 1 is 1.23 bits per heavy atom. The van der Waals surface area contributed by atoms with E-state index in [1.54, 1.807) is 4.90 Å². The van der Waals surface area contributed by atoms with Crippen molar-refractivity contribution in [3.63, 3.8) is 0 Å². The number of aliphatic carboxylic acids is 1. The van der Waals surface area contributed by atoms with Gasteiger partial charge in [0.1, 0.15) is 0 Å². The van der Waals surface area contributed by atoms with E-state index in [1.165, 1.54) is 0 Å². The Morgan fingerprint density at radius 2 is 1.86 bits per heavy atom. The minimum absolute atomic E-state index is 0.0225. The Balaban J connectivity index is 2.01. The highest BCUT2D eigenvalue weighted by Crippen LogP contribution is 2.38. The normalized spacial score (nSPS) is 22.8. The molecule has 1 aliphatic rings. The number of likely N-dealkylation sites (tertiary alicyclic amines) is 1. The average Bonchev–Trinajstić information content (AvgIpc) is 2.95. The molecule has 0 spiro atoms. The molecule has 1 saturated heterocycles. The first-order valence-corrected chi connectivity index (χ1v) is 7.93. The Morgan fingerprint density at radius 3 is 2.36 bits per heavy atom. The first-order valence-electron chi connectivity index (χ1n) is 7.93. The van der Waals surface area contributed by atoms with Gasteiger partial charge in [-0.15, -0.1) is 0 Å². The van der Waals surface area contributed by atoms with Crippen LogP contribution in [0.5, 0.6) is 0 Å². The number of benzene rings is 1. The van der Waals surface area contributed by atoms with E-state index in [1.807, 2.05) is 51.1 Å². The van der Waals surface area contributed by atoms with Crippen LogP contribution in [-0.4, -0.2) is 35.0 Å². The largest absolute Gasteiger partial charge is 0.481 e. The standard InChI is InChI=1S/C18H25NO3/c1-13(2)18(17(21)22)9-10-19(12-18)16(20)11-14(3)15-7-5-4-6-8-15/h4-8,13-14H,9-12H2,1-3H3,(H,21,22). The molecule has 1 heterocycles. The molecule has 2 rings (SSSR count). The Bertz CT molecular complexity index is 541. The van der Waals surface area contributed by atoms with Gasteiger partial charge in [0.25, 0.3) is 0 Å². The molecule has 0 bridgehead atoms. The third-order valence-electron chi connectivity index (χ3n) is 5.03. The lowest BCUT2D eigenvalue weighted by molar-refractivity contribution is -0.151. The molecule has 22 heavy (non-hydrogen) atoms. The van der Waals surface area contributed by atoms with Crippen LogP contribution >= 0.6 is 0 Å². The fraction of sp³-hybridized carbons (Fsp3) is 0.556. The molecule has 1 amide bonds. The van der Waals surface area contributed by atoms with E-state index >= 15 is 0 Å². The zero-order valence-corrected chi connectivity index (χ0v) is 13.6. The van der Waals surface area contributed by atoms with E-state index < -0.39 is 11.4 Å². The maximum atomic E-state index is 12.5. The predicted octanol–water partition coefficient (Wildman–Crippen LogP) is 3.14. The van der Waals surface area contributed by atoms with Gasteiger partial charge in [-0.2, -0.15) is 0 Å². The van der Waals surface area contributed by atoms with Crippen molar-refractivity contribution in [3.05, 3.63) is 35.9 Å². The van der Waals surface area contributed by atoms with Crippen LogP contribution in [0.2, 0.25) is 0 Å². The molecule has 2 atom stereocenters. The fourth-order valence-corrected chi connectivity index (χ4v) is 3.23. The summed E-state index contributed by atoms with van der Waals surface area (Å²) in [5, 5.41) is 9.56. The maximum Gasteiger partial charge on any atom is 0.311 e. The summed E-state index contributed by atoms with van der Waals surface area (Å²) in [6.45, 7) is 6.77. The predicted molar refractivity (Wildman–Crippen MR) is 85.6 cm³/mol. The molecule has 120 valence electrons. The van der Waals surface area contributed by atoms with E-state index in [2.05, 4.69) is 0 Å². The number of rotatable bonds is 5.